The fourth-order valence-corrected chi connectivity index (χ4v) is 2.08. The third-order valence-electron chi connectivity index (χ3n) is 2.51. The lowest BCUT2D eigenvalue weighted by atomic mass is 10.2. The van der Waals surface area contributed by atoms with E-state index in [4.69, 9.17) is 0 Å². The van der Waals surface area contributed by atoms with Gasteiger partial charge in [0.15, 0.2) is 0 Å². The number of benzene rings is 1. The summed E-state index contributed by atoms with van der Waals surface area (Å²) in [6.07, 6.45) is 3.68. The van der Waals surface area contributed by atoms with E-state index in [1.54, 1.807) is 12.1 Å². The Bertz CT molecular complexity index is 304. The highest BCUT2D eigenvalue weighted by Gasteiger charge is 2.01. The topological polar surface area (TPSA) is 3.24 Å². The Kier molecular flexibility index (Phi) is 6.65. The summed E-state index contributed by atoms with van der Waals surface area (Å²) in [6.45, 7) is 1.90. The molecule has 1 aromatic carbocycles. The molecule has 0 aliphatic heterocycles. The third kappa shape index (κ3) is 5.61. The molecule has 0 aromatic heterocycles. The average Bonchev–Trinajstić information content (AvgIpc) is 2.24. The van der Waals surface area contributed by atoms with Crippen LogP contribution in [0.5, 0.6) is 0 Å². The number of rotatable bonds is 7. The molecule has 0 atom stereocenters. The maximum Gasteiger partial charge on any atom is 0.123 e. The normalized spacial score (nSPS) is 11.0. The summed E-state index contributed by atoms with van der Waals surface area (Å²) in [6, 6.07) is 6.83. The van der Waals surface area contributed by atoms with Crippen LogP contribution in [0, 0.1) is 5.82 Å². The molecule has 1 rings (SSSR count). The van der Waals surface area contributed by atoms with E-state index >= 15 is 0 Å². The first-order valence-corrected chi connectivity index (χ1v) is 6.83. The van der Waals surface area contributed by atoms with Crippen LogP contribution in [0.25, 0.3) is 0 Å². The number of hydrogen-bond donors (Lipinski definition) is 0. The van der Waals surface area contributed by atoms with E-state index in [0.29, 0.717) is 0 Å². The van der Waals surface area contributed by atoms with Gasteiger partial charge in [0, 0.05) is 11.9 Å². The zero-order valence-electron chi connectivity index (χ0n) is 9.76. The molecule has 0 heterocycles. The Labute approximate surface area is 106 Å². The van der Waals surface area contributed by atoms with Crippen LogP contribution in [0.3, 0.4) is 0 Å². The molecule has 1 nitrogen and oxygen atoms in total. The summed E-state index contributed by atoms with van der Waals surface area (Å²) in [5.41, 5.74) is 1.04. The first kappa shape index (κ1) is 13.7. The highest BCUT2D eigenvalue weighted by molar-refractivity contribution is 9.09. The monoisotopic (exact) mass is 287 g/mol. The Hall–Kier alpha value is -0.410. The van der Waals surface area contributed by atoms with Crippen LogP contribution >= 0.6 is 15.9 Å². The van der Waals surface area contributed by atoms with Gasteiger partial charge in [-0.1, -0.05) is 34.5 Å². The summed E-state index contributed by atoms with van der Waals surface area (Å²) < 4.78 is 12.9. The van der Waals surface area contributed by atoms with E-state index in [1.807, 2.05) is 6.07 Å². The van der Waals surface area contributed by atoms with Crippen molar-refractivity contribution in [3.05, 3.63) is 35.6 Å². The maximum absolute atomic E-state index is 12.9. The van der Waals surface area contributed by atoms with E-state index in [2.05, 4.69) is 27.9 Å². The van der Waals surface area contributed by atoms with E-state index < -0.39 is 0 Å². The molecule has 0 N–H and O–H groups in total. The Morgan fingerprint density at radius 2 is 2.06 bits per heavy atom. The minimum Gasteiger partial charge on any atom is -0.302 e. The fourth-order valence-electron chi connectivity index (χ4n) is 1.68. The number of alkyl halides is 1. The van der Waals surface area contributed by atoms with Crippen molar-refractivity contribution < 1.29 is 4.39 Å². The molecule has 1 aromatic rings. The highest BCUT2D eigenvalue weighted by Crippen LogP contribution is 2.07. The molecular weight excluding hydrogens is 269 g/mol. The van der Waals surface area contributed by atoms with Gasteiger partial charge in [-0.05, 0) is 44.1 Å². The van der Waals surface area contributed by atoms with Crippen LogP contribution in [-0.2, 0) is 6.54 Å². The van der Waals surface area contributed by atoms with Gasteiger partial charge in [-0.25, -0.2) is 4.39 Å². The van der Waals surface area contributed by atoms with Gasteiger partial charge >= 0.3 is 0 Å². The van der Waals surface area contributed by atoms with Crippen molar-refractivity contribution in [1.29, 1.82) is 0 Å². The van der Waals surface area contributed by atoms with Crippen LogP contribution in [0.1, 0.15) is 24.8 Å². The van der Waals surface area contributed by atoms with E-state index in [9.17, 15) is 4.39 Å². The first-order chi connectivity index (χ1) is 7.72. The highest BCUT2D eigenvalue weighted by atomic mass is 79.9. The molecule has 0 unspecified atom stereocenters. The molecule has 0 radical (unpaired) electrons. The Morgan fingerprint density at radius 1 is 1.25 bits per heavy atom. The van der Waals surface area contributed by atoms with Gasteiger partial charge in [0.25, 0.3) is 0 Å². The van der Waals surface area contributed by atoms with Gasteiger partial charge in [-0.15, -0.1) is 0 Å². The lowest BCUT2D eigenvalue weighted by Gasteiger charge is -2.16. The molecule has 0 fully saturated rings. The average molecular weight is 288 g/mol. The standard InChI is InChI=1S/C13H19BrFN/c1-16(9-4-2-3-8-14)11-12-6-5-7-13(15)10-12/h5-7,10H,2-4,8-9,11H2,1H3. The van der Waals surface area contributed by atoms with Gasteiger partial charge < -0.3 is 4.90 Å². The molecule has 0 aliphatic carbocycles. The van der Waals surface area contributed by atoms with Crippen molar-refractivity contribution >= 4 is 15.9 Å². The quantitative estimate of drug-likeness (QED) is 0.544. The lowest BCUT2D eigenvalue weighted by Crippen LogP contribution is -2.19. The number of nitrogens with zero attached hydrogens (tertiary/aromatic N) is 1. The van der Waals surface area contributed by atoms with Crippen molar-refractivity contribution in [3.63, 3.8) is 0 Å². The second kappa shape index (κ2) is 7.80. The van der Waals surface area contributed by atoms with Gasteiger partial charge in [0.05, 0.1) is 0 Å². The van der Waals surface area contributed by atoms with Crippen LogP contribution < -0.4 is 0 Å². The predicted octanol–water partition coefficient (Wildman–Crippen LogP) is 3.82. The van der Waals surface area contributed by atoms with Gasteiger partial charge in [-0.2, -0.15) is 0 Å². The second-order valence-corrected chi connectivity index (χ2v) is 4.91. The zero-order chi connectivity index (χ0) is 11.8. The maximum atomic E-state index is 12.9. The van der Waals surface area contributed by atoms with Crippen molar-refractivity contribution in [2.75, 3.05) is 18.9 Å². The zero-order valence-corrected chi connectivity index (χ0v) is 11.3. The molecular formula is C13H19BrFN. The SMILES string of the molecule is CN(CCCCCBr)Cc1cccc(F)c1. The molecule has 0 saturated heterocycles. The Balaban J connectivity index is 2.25. The van der Waals surface area contributed by atoms with Crippen LogP contribution in [0.4, 0.5) is 4.39 Å². The molecule has 0 spiro atoms. The van der Waals surface area contributed by atoms with Gasteiger partial charge in [0.1, 0.15) is 5.82 Å². The van der Waals surface area contributed by atoms with Gasteiger partial charge in [0.2, 0.25) is 0 Å². The molecule has 0 aliphatic rings. The molecule has 0 saturated carbocycles. The summed E-state index contributed by atoms with van der Waals surface area (Å²) in [5.74, 6) is -0.148. The molecule has 90 valence electrons. The van der Waals surface area contributed by atoms with Crippen molar-refractivity contribution in [2.45, 2.75) is 25.8 Å². The second-order valence-electron chi connectivity index (χ2n) is 4.12. The van der Waals surface area contributed by atoms with Crippen molar-refractivity contribution in [3.8, 4) is 0 Å². The summed E-state index contributed by atoms with van der Waals surface area (Å²) in [4.78, 5) is 2.24. The van der Waals surface area contributed by atoms with E-state index in [-0.39, 0.29) is 5.82 Å². The van der Waals surface area contributed by atoms with Crippen molar-refractivity contribution in [2.24, 2.45) is 0 Å². The predicted molar refractivity (Wildman–Crippen MR) is 70.4 cm³/mol. The number of unbranched alkanes of at least 4 members (excludes halogenated alkanes) is 2. The number of hydrogen-bond acceptors (Lipinski definition) is 1. The summed E-state index contributed by atoms with van der Waals surface area (Å²) in [7, 11) is 2.08. The smallest absolute Gasteiger partial charge is 0.123 e. The molecule has 0 bridgehead atoms. The Morgan fingerprint density at radius 3 is 2.75 bits per heavy atom. The molecule has 0 amide bonds. The summed E-state index contributed by atoms with van der Waals surface area (Å²) in [5, 5.41) is 1.08. The minimum absolute atomic E-state index is 0.148. The minimum atomic E-state index is -0.148. The largest absolute Gasteiger partial charge is 0.302 e. The van der Waals surface area contributed by atoms with Crippen LogP contribution in [0.2, 0.25) is 0 Å². The van der Waals surface area contributed by atoms with E-state index in [1.165, 1.54) is 25.3 Å². The lowest BCUT2D eigenvalue weighted by molar-refractivity contribution is 0.318. The fraction of sp³-hybridized carbons (Fsp3) is 0.538. The molecule has 16 heavy (non-hydrogen) atoms. The summed E-state index contributed by atoms with van der Waals surface area (Å²) >= 11 is 3.42. The van der Waals surface area contributed by atoms with Crippen LogP contribution in [0.15, 0.2) is 24.3 Å². The van der Waals surface area contributed by atoms with E-state index in [0.717, 1.165) is 24.0 Å². The van der Waals surface area contributed by atoms with Crippen LogP contribution in [-0.4, -0.2) is 23.8 Å². The van der Waals surface area contributed by atoms with Gasteiger partial charge in [-0.3, -0.25) is 0 Å². The van der Waals surface area contributed by atoms with Crippen molar-refractivity contribution in [1.82, 2.24) is 4.90 Å². The number of halogens is 2. The molecule has 3 heteroatoms. The first-order valence-electron chi connectivity index (χ1n) is 5.71. The third-order valence-corrected chi connectivity index (χ3v) is 3.08.